The Morgan fingerprint density at radius 1 is 0.500 bits per heavy atom. The molecule has 11 rings (SSSR count). The van der Waals surface area contributed by atoms with Crippen LogP contribution >= 0.6 is 11.3 Å². The van der Waals surface area contributed by atoms with Crippen molar-refractivity contribution in [3.63, 3.8) is 0 Å². The summed E-state index contributed by atoms with van der Waals surface area (Å²) in [5, 5.41) is 4.94. The highest BCUT2D eigenvalue weighted by molar-refractivity contribution is 7.26. The van der Waals surface area contributed by atoms with E-state index < -0.39 is 0 Å². The van der Waals surface area contributed by atoms with Crippen molar-refractivity contribution in [2.24, 2.45) is 0 Å². The van der Waals surface area contributed by atoms with Crippen LogP contribution in [0.1, 0.15) is 17.9 Å². The standard InChI is InChI=1S/C52H35N3S/c1-4-15-34(16-5-1)35-29-31-36(32-30-35)39-22-12-23-40-41-24-13-28-48(51(41)56-50(39)40)55-46-26-11-10-21-43(46)49-42(25-14-27-47(49)55)45-33-44(37-17-6-2-7-18-37)53-52(54-45)38-19-8-3-9-20-38/h1-15,17-34H,16H2. The lowest BCUT2D eigenvalue weighted by Gasteiger charge is -2.14. The Bertz CT molecular complexity index is 3090. The van der Waals surface area contributed by atoms with E-state index >= 15 is 0 Å². The van der Waals surface area contributed by atoms with Crippen LogP contribution in [0.4, 0.5) is 0 Å². The summed E-state index contributed by atoms with van der Waals surface area (Å²) < 4.78 is 5.05. The highest BCUT2D eigenvalue weighted by Crippen LogP contribution is 2.45. The lowest BCUT2D eigenvalue weighted by molar-refractivity contribution is 0.854. The molecule has 0 aliphatic heterocycles. The summed E-state index contributed by atoms with van der Waals surface area (Å²) in [5.74, 6) is 1.15. The third kappa shape index (κ3) is 5.41. The summed E-state index contributed by atoms with van der Waals surface area (Å²) in [7, 11) is 0. The molecule has 1 aliphatic carbocycles. The molecule has 0 amide bonds. The van der Waals surface area contributed by atoms with Crippen LogP contribution in [-0.4, -0.2) is 14.5 Å². The Balaban J connectivity index is 1.11. The normalized spacial score (nSPS) is 14.0. The van der Waals surface area contributed by atoms with Crippen LogP contribution in [0.2, 0.25) is 0 Å². The number of fused-ring (bicyclic) bond motifs is 6. The molecule has 264 valence electrons. The summed E-state index contributed by atoms with van der Waals surface area (Å²) in [6.07, 6.45) is 9.91. The van der Waals surface area contributed by atoms with Gasteiger partial charge in [0.15, 0.2) is 5.82 Å². The minimum Gasteiger partial charge on any atom is -0.308 e. The zero-order valence-electron chi connectivity index (χ0n) is 30.5. The molecule has 10 aromatic rings. The minimum atomic E-state index is 0.439. The van der Waals surface area contributed by atoms with Crippen molar-refractivity contribution in [1.82, 2.24) is 14.5 Å². The van der Waals surface area contributed by atoms with E-state index in [-0.39, 0.29) is 0 Å². The van der Waals surface area contributed by atoms with E-state index in [4.69, 9.17) is 9.97 Å². The predicted octanol–water partition coefficient (Wildman–Crippen LogP) is 14.2. The molecule has 0 spiro atoms. The molecule has 4 heteroatoms. The minimum absolute atomic E-state index is 0.439. The topological polar surface area (TPSA) is 30.7 Å². The van der Waals surface area contributed by atoms with E-state index in [1.54, 1.807) is 0 Å². The monoisotopic (exact) mass is 733 g/mol. The number of aromatic nitrogens is 3. The van der Waals surface area contributed by atoms with Crippen molar-refractivity contribution in [2.75, 3.05) is 0 Å². The molecule has 56 heavy (non-hydrogen) atoms. The van der Waals surface area contributed by atoms with Gasteiger partial charge in [-0.15, -0.1) is 11.3 Å². The van der Waals surface area contributed by atoms with Gasteiger partial charge in [-0.25, -0.2) is 9.97 Å². The average molecular weight is 734 g/mol. The molecule has 0 bridgehead atoms. The Hall–Kier alpha value is -6.88. The zero-order valence-corrected chi connectivity index (χ0v) is 31.3. The van der Waals surface area contributed by atoms with Gasteiger partial charge in [-0.1, -0.05) is 170 Å². The first-order valence-electron chi connectivity index (χ1n) is 19.2. The Kier molecular flexibility index (Phi) is 7.82. The Labute approximate surface area is 329 Å². The Morgan fingerprint density at radius 2 is 1.16 bits per heavy atom. The van der Waals surface area contributed by atoms with Crippen molar-refractivity contribution in [1.29, 1.82) is 0 Å². The van der Waals surface area contributed by atoms with Crippen molar-refractivity contribution in [3.8, 4) is 50.7 Å². The summed E-state index contributed by atoms with van der Waals surface area (Å²) in [5.41, 5.74) is 12.3. The fraction of sp³-hybridized carbons (Fsp3) is 0.0385. The SMILES string of the molecule is C1=CCC(c2ccc(-c3cccc4c3sc3c(-n5c6ccccc6c6c(-c7cc(-c8ccccc8)nc(-c8ccccc8)n7)cccc65)cccc34)cc2)C=C1. The van der Waals surface area contributed by atoms with Gasteiger partial charge in [0.2, 0.25) is 0 Å². The molecule has 0 saturated heterocycles. The molecule has 0 saturated carbocycles. The second kappa shape index (κ2) is 13.5. The van der Waals surface area contributed by atoms with Gasteiger partial charge < -0.3 is 4.57 Å². The van der Waals surface area contributed by atoms with Crippen LogP contribution < -0.4 is 0 Å². The van der Waals surface area contributed by atoms with Gasteiger partial charge in [-0.3, -0.25) is 0 Å². The zero-order chi connectivity index (χ0) is 37.0. The van der Waals surface area contributed by atoms with Crippen LogP contribution in [0, 0.1) is 0 Å². The summed E-state index contributed by atoms with van der Waals surface area (Å²) in [6, 6.07) is 61.0. The number of rotatable bonds is 6. The van der Waals surface area contributed by atoms with Gasteiger partial charge in [0.25, 0.3) is 0 Å². The van der Waals surface area contributed by atoms with E-state index in [1.807, 2.05) is 35.6 Å². The molecule has 0 radical (unpaired) electrons. The predicted molar refractivity (Wildman–Crippen MR) is 237 cm³/mol. The fourth-order valence-electron chi connectivity index (χ4n) is 8.50. The van der Waals surface area contributed by atoms with Crippen molar-refractivity contribution in [3.05, 3.63) is 200 Å². The first-order chi connectivity index (χ1) is 27.8. The highest BCUT2D eigenvalue weighted by atomic mass is 32.1. The van der Waals surface area contributed by atoms with E-state index in [9.17, 15) is 0 Å². The molecule has 1 atom stereocenters. The maximum absolute atomic E-state index is 5.26. The lowest BCUT2D eigenvalue weighted by atomic mass is 9.91. The van der Waals surface area contributed by atoms with Gasteiger partial charge in [0.05, 0.1) is 32.8 Å². The largest absolute Gasteiger partial charge is 0.308 e. The number of allylic oxidation sites excluding steroid dienone is 4. The molecule has 1 aliphatic rings. The van der Waals surface area contributed by atoms with Gasteiger partial charge in [0.1, 0.15) is 0 Å². The van der Waals surface area contributed by atoms with E-state index in [2.05, 4.69) is 174 Å². The van der Waals surface area contributed by atoms with Crippen LogP contribution in [0.25, 0.3) is 92.7 Å². The third-order valence-electron chi connectivity index (χ3n) is 11.2. The van der Waals surface area contributed by atoms with Crippen molar-refractivity contribution in [2.45, 2.75) is 12.3 Å². The summed E-state index contributed by atoms with van der Waals surface area (Å²) >= 11 is 1.90. The molecule has 1 unspecified atom stereocenters. The van der Waals surface area contributed by atoms with Gasteiger partial charge in [-0.2, -0.15) is 0 Å². The lowest BCUT2D eigenvalue weighted by Crippen LogP contribution is -1.96. The molecule has 0 N–H and O–H groups in total. The van der Waals surface area contributed by atoms with Crippen LogP contribution in [0.3, 0.4) is 0 Å². The van der Waals surface area contributed by atoms with Crippen LogP contribution in [0.15, 0.2) is 194 Å². The maximum Gasteiger partial charge on any atom is 0.160 e. The maximum atomic E-state index is 5.26. The number of hydrogen-bond acceptors (Lipinski definition) is 3. The van der Waals surface area contributed by atoms with Gasteiger partial charge >= 0.3 is 0 Å². The molecular weight excluding hydrogens is 699 g/mol. The number of nitrogens with zero attached hydrogens (tertiary/aromatic N) is 3. The molecule has 3 heterocycles. The van der Waals surface area contributed by atoms with E-state index in [1.165, 1.54) is 58.8 Å². The second-order valence-corrected chi connectivity index (χ2v) is 15.5. The summed E-state index contributed by atoms with van der Waals surface area (Å²) in [6.45, 7) is 0. The number of thiophene rings is 1. The highest BCUT2D eigenvalue weighted by Gasteiger charge is 2.21. The van der Waals surface area contributed by atoms with Gasteiger partial charge in [0, 0.05) is 48.9 Å². The number of para-hydroxylation sites is 1. The molecule has 7 aromatic carbocycles. The first-order valence-corrected chi connectivity index (χ1v) is 20.0. The third-order valence-corrected chi connectivity index (χ3v) is 12.5. The van der Waals surface area contributed by atoms with Crippen molar-refractivity contribution < 1.29 is 0 Å². The fourth-order valence-corrected chi connectivity index (χ4v) is 9.84. The smallest absolute Gasteiger partial charge is 0.160 e. The molecule has 3 nitrogen and oxygen atoms in total. The number of hydrogen-bond donors (Lipinski definition) is 0. The van der Waals surface area contributed by atoms with E-state index in [0.717, 1.165) is 40.0 Å². The van der Waals surface area contributed by atoms with Crippen molar-refractivity contribution >= 4 is 53.3 Å². The second-order valence-electron chi connectivity index (χ2n) is 14.5. The Morgan fingerprint density at radius 3 is 1.96 bits per heavy atom. The first kappa shape index (κ1) is 32.5. The average Bonchev–Trinajstić information content (AvgIpc) is 3.84. The molecule has 0 fully saturated rings. The molecule has 3 aromatic heterocycles. The quantitative estimate of drug-likeness (QED) is 0.170. The van der Waals surface area contributed by atoms with Crippen LogP contribution in [-0.2, 0) is 0 Å². The van der Waals surface area contributed by atoms with E-state index in [0.29, 0.717) is 11.7 Å². The van der Waals surface area contributed by atoms with Crippen LogP contribution in [0.5, 0.6) is 0 Å². The molecular formula is C52H35N3S. The van der Waals surface area contributed by atoms with Gasteiger partial charge in [-0.05, 0) is 47.4 Å². The summed E-state index contributed by atoms with van der Waals surface area (Å²) in [4.78, 5) is 10.3. The number of benzene rings is 7.